The van der Waals surface area contributed by atoms with Crippen LogP contribution < -0.4 is 4.90 Å². The number of anilines is 1. The largest absolute Gasteiger partial charge is 0.417 e. The summed E-state index contributed by atoms with van der Waals surface area (Å²) in [6.45, 7) is 3.26. The van der Waals surface area contributed by atoms with Gasteiger partial charge in [-0.05, 0) is 31.0 Å². The van der Waals surface area contributed by atoms with Crippen LogP contribution >= 0.6 is 0 Å². The summed E-state index contributed by atoms with van der Waals surface area (Å²) in [4.78, 5) is 4.46. The van der Waals surface area contributed by atoms with Crippen LogP contribution in [-0.4, -0.2) is 37.1 Å². The first kappa shape index (κ1) is 16.1. The van der Waals surface area contributed by atoms with Crippen LogP contribution in [0.1, 0.15) is 36.8 Å². The van der Waals surface area contributed by atoms with E-state index in [4.69, 9.17) is 5.26 Å². The van der Waals surface area contributed by atoms with E-state index in [-0.39, 0.29) is 5.56 Å². The summed E-state index contributed by atoms with van der Waals surface area (Å²) >= 11 is 0. The molecule has 3 rings (SSSR count). The second kappa shape index (κ2) is 6.40. The van der Waals surface area contributed by atoms with E-state index in [1.54, 1.807) is 12.1 Å². The summed E-state index contributed by atoms with van der Waals surface area (Å²) in [5.74, 6) is 0. The average molecular weight is 323 g/mol. The third-order valence-corrected chi connectivity index (χ3v) is 4.95. The molecule has 0 N–H and O–H groups in total. The SMILES string of the molecule is N#Cc1ccc(N2CCN(C3CCCC3)CC2)cc1C(F)(F)F. The van der Waals surface area contributed by atoms with Crippen molar-refractivity contribution in [1.82, 2.24) is 4.90 Å². The molecule has 0 atom stereocenters. The van der Waals surface area contributed by atoms with Crippen molar-refractivity contribution in [3.05, 3.63) is 29.3 Å². The predicted molar refractivity (Wildman–Crippen MR) is 82.2 cm³/mol. The topological polar surface area (TPSA) is 30.3 Å². The summed E-state index contributed by atoms with van der Waals surface area (Å²) in [6.07, 6.45) is 0.571. The molecule has 1 heterocycles. The van der Waals surface area contributed by atoms with E-state index in [1.807, 2.05) is 4.90 Å². The number of benzene rings is 1. The zero-order chi connectivity index (χ0) is 16.4. The van der Waals surface area contributed by atoms with Crippen molar-refractivity contribution in [2.75, 3.05) is 31.1 Å². The number of hydrogen-bond acceptors (Lipinski definition) is 3. The molecule has 1 aromatic carbocycles. The summed E-state index contributed by atoms with van der Waals surface area (Å²) < 4.78 is 39.2. The molecule has 0 unspecified atom stereocenters. The minimum Gasteiger partial charge on any atom is -0.369 e. The Kier molecular flexibility index (Phi) is 4.49. The van der Waals surface area contributed by atoms with Crippen molar-refractivity contribution >= 4 is 5.69 Å². The van der Waals surface area contributed by atoms with Gasteiger partial charge in [-0.1, -0.05) is 12.8 Å². The molecule has 1 saturated heterocycles. The highest BCUT2D eigenvalue weighted by Gasteiger charge is 2.34. The zero-order valence-electron chi connectivity index (χ0n) is 12.9. The maximum absolute atomic E-state index is 13.1. The van der Waals surface area contributed by atoms with Gasteiger partial charge in [-0.15, -0.1) is 0 Å². The van der Waals surface area contributed by atoms with Gasteiger partial charge in [0.25, 0.3) is 0 Å². The van der Waals surface area contributed by atoms with Crippen molar-refractivity contribution < 1.29 is 13.2 Å². The lowest BCUT2D eigenvalue weighted by Gasteiger charge is -2.39. The Hall–Kier alpha value is -1.74. The van der Waals surface area contributed by atoms with Crippen LogP contribution in [0.3, 0.4) is 0 Å². The summed E-state index contributed by atoms with van der Waals surface area (Å²) in [5.41, 5.74) is -0.594. The van der Waals surface area contributed by atoms with Gasteiger partial charge < -0.3 is 4.90 Å². The van der Waals surface area contributed by atoms with Crippen molar-refractivity contribution in [2.45, 2.75) is 37.9 Å². The Morgan fingerprint density at radius 1 is 1.04 bits per heavy atom. The molecule has 0 aromatic heterocycles. The highest BCUT2D eigenvalue weighted by Crippen LogP contribution is 2.35. The molecule has 0 amide bonds. The lowest BCUT2D eigenvalue weighted by atomic mass is 10.1. The number of halogens is 3. The molecule has 1 aliphatic carbocycles. The van der Waals surface area contributed by atoms with Crippen LogP contribution in [0.25, 0.3) is 0 Å². The first-order valence-electron chi connectivity index (χ1n) is 8.09. The normalized spacial score (nSPS) is 20.7. The fraction of sp³-hybridized carbons (Fsp3) is 0.588. The van der Waals surface area contributed by atoms with Crippen LogP contribution in [0.4, 0.5) is 18.9 Å². The Labute approximate surface area is 134 Å². The highest BCUT2D eigenvalue weighted by molar-refractivity contribution is 5.55. The second-order valence-electron chi connectivity index (χ2n) is 6.30. The number of nitrogens with zero attached hydrogens (tertiary/aromatic N) is 3. The fourth-order valence-corrected chi connectivity index (χ4v) is 3.68. The van der Waals surface area contributed by atoms with E-state index in [0.29, 0.717) is 11.7 Å². The third-order valence-electron chi connectivity index (χ3n) is 4.95. The van der Waals surface area contributed by atoms with Gasteiger partial charge in [-0.3, -0.25) is 4.90 Å². The lowest BCUT2D eigenvalue weighted by molar-refractivity contribution is -0.137. The lowest BCUT2D eigenvalue weighted by Crippen LogP contribution is -2.49. The zero-order valence-corrected chi connectivity index (χ0v) is 12.9. The van der Waals surface area contributed by atoms with Crippen molar-refractivity contribution in [2.24, 2.45) is 0 Å². The van der Waals surface area contributed by atoms with Crippen molar-refractivity contribution in [3.8, 4) is 6.07 Å². The van der Waals surface area contributed by atoms with E-state index in [1.165, 1.54) is 31.7 Å². The van der Waals surface area contributed by atoms with Gasteiger partial charge in [0.15, 0.2) is 0 Å². The van der Waals surface area contributed by atoms with E-state index in [0.717, 1.165) is 32.2 Å². The molecule has 3 nitrogen and oxygen atoms in total. The van der Waals surface area contributed by atoms with Gasteiger partial charge in [0, 0.05) is 37.9 Å². The fourth-order valence-electron chi connectivity index (χ4n) is 3.68. The Morgan fingerprint density at radius 2 is 1.70 bits per heavy atom. The number of nitriles is 1. The molecule has 0 bridgehead atoms. The number of alkyl halides is 3. The van der Waals surface area contributed by atoms with Gasteiger partial charge >= 0.3 is 6.18 Å². The minimum atomic E-state index is -4.49. The van der Waals surface area contributed by atoms with Crippen molar-refractivity contribution in [1.29, 1.82) is 5.26 Å². The monoisotopic (exact) mass is 323 g/mol. The summed E-state index contributed by atoms with van der Waals surface area (Å²) in [6, 6.07) is 6.30. The molecule has 1 saturated carbocycles. The number of piperazine rings is 1. The summed E-state index contributed by atoms with van der Waals surface area (Å²) in [7, 11) is 0. The van der Waals surface area contributed by atoms with Crippen LogP contribution in [0.15, 0.2) is 18.2 Å². The quantitative estimate of drug-likeness (QED) is 0.832. The predicted octanol–water partition coefficient (Wildman–Crippen LogP) is 3.64. The van der Waals surface area contributed by atoms with E-state index >= 15 is 0 Å². The highest BCUT2D eigenvalue weighted by atomic mass is 19.4. The van der Waals surface area contributed by atoms with Crippen LogP contribution in [0, 0.1) is 11.3 Å². The van der Waals surface area contributed by atoms with Crippen LogP contribution in [0.2, 0.25) is 0 Å². The third kappa shape index (κ3) is 3.45. The molecule has 2 aliphatic rings. The first-order chi connectivity index (χ1) is 11.0. The van der Waals surface area contributed by atoms with Crippen LogP contribution in [0.5, 0.6) is 0 Å². The second-order valence-corrected chi connectivity index (χ2v) is 6.30. The molecule has 1 aliphatic heterocycles. The molecule has 6 heteroatoms. The number of hydrogen-bond donors (Lipinski definition) is 0. The molecule has 23 heavy (non-hydrogen) atoms. The molecule has 2 fully saturated rings. The number of rotatable bonds is 2. The van der Waals surface area contributed by atoms with Crippen molar-refractivity contribution in [3.63, 3.8) is 0 Å². The Bertz CT molecular complexity index is 592. The summed E-state index contributed by atoms with van der Waals surface area (Å²) in [5, 5.41) is 8.87. The van der Waals surface area contributed by atoms with Crippen LogP contribution in [-0.2, 0) is 6.18 Å². The van der Waals surface area contributed by atoms with E-state index in [2.05, 4.69) is 4.90 Å². The standard InChI is InChI=1S/C17H20F3N3/c18-17(19,20)16-11-15(6-5-13(16)12-21)23-9-7-22(8-10-23)14-3-1-2-4-14/h5-6,11,14H,1-4,7-10H2. The smallest absolute Gasteiger partial charge is 0.369 e. The van der Waals surface area contributed by atoms with E-state index in [9.17, 15) is 13.2 Å². The maximum Gasteiger partial charge on any atom is 0.417 e. The molecule has 1 aromatic rings. The van der Waals surface area contributed by atoms with Gasteiger partial charge in [0.05, 0.1) is 17.2 Å². The molecule has 0 radical (unpaired) electrons. The molecular weight excluding hydrogens is 303 g/mol. The minimum absolute atomic E-state index is 0.314. The Morgan fingerprint density at radius 3 is 2.26 bits per heavy atom. The maximum atomic E-state index is 13.1. The van der Waals surface area contributed by atoms with Gasteiger partial charge in [0.1, 0.15) is 0 Å². The molecule has 124 valence electrons. The van der Waals surface area contributed by atoms with Gasteiger partial charge in [0.2, 0.25) is 0 Å². The molecular formula is C17H20F3N3. The molecule has 0 spiro atoms. The first-order valence-corrected chi connectivity index (χ1v) is 8.09. The van der Waals surface area contributed by atoms with E-state index < -0.39 is 11.7 Å². The van der Waals surface area contributed by atoms with Gasteiger partial charge in [-0.2, -0.15) is 18.4 Å². The van der Waals surface area contributed by atoms with Gasteiger partial charge in [-0.25, -0.2) is 0 Å². The Balaban J connectivity index is 1.72. The average Bonchev–Trinajstić information content (AvgIpc) is 3.08.